The normalized spacial score (nSPS) is 20.8. The Balaban J connectivity index is 0.00000153. The molecule has 2 fully saturated rings. The summed E-state index contributed by atoms with van der Waals surface area (Å²) in [5.41, 5.74) is 10.4. The fraction of sp³-hybridized carbons (Fsp3) is 0.542. The maximum Gasteiger partial charge on any atom is 0.224 e. The van der Waals surface area contributed by atoms with Crippen molar-refractivity contribution in [3.8, 4) is 0 Å². The highest BCUT2D eigenvalue weighted by Crippen LogP contribution is 2.35. The van der Waals surface area contributed by atoms with Crippen molar-refractivity contribution in [2.24, 2.45) is 5.73 Å². The van der Waals surface area contributed by atoms with Gasteiger partial charge in [0.1, 0.15) is 5.52 Å². The molecule has 5 rings (SSSR count). The smallest absolute Gasteiger partial charge is 0.224 e. The van der Waals surface area contributed by atoms with E-state index in [1.807, 2.05) is 6.20 Å². The molecule has 180 valence electrons. The number of fused-ring (bicyclic) bond motifs is 1. The van der Waals surface area contributed by atoms with Gasteiger partial charge in [0.05, 0.1) is 6.20 Å². The summed E-state index contributed by atoms with van der Waals surface area (Å²) in [4.78, 5) is 14.4. The Kier molecular flexibility index (Phi) is 8.79. The number of hydrogen-bond donors (Lipinski definition) is 3. The SMILES string of the molecule is Cc1cccc(CNc2nc3cnc(N[C@H]4CC[C@H](N)CC4)nc3n2C2CCCC2)c1.Cl.Cl. The Morgan fingerprint density at radius 3 is 2.52 bits per heavy atom. The first-order valence-corrected chi connectivity index (χ1v) is 11.7. The number of rotatable bonds is 6. The van der Waals surface area contributed by atoms with Crippen molar-refractivity contribution in [1.29, 1.82) is 0 Å². The zero-order chi connectivity index (χ0) is 21.2. The lowest BCUT2D eigenvalue weighted by Gasteiger charge is -2.26. The number of aromatic nitrogens is 4. The van der Waals surface area contributed by atoms with Crippen molar-refractivity contribution < 1.29 is 0 Å². The van der Waals surface area contributed by atoms with E-state index in [0.29, 0.717) is 24.1 Å². The molecule has 0 unspecified atom stereocenters. The summed E-state index contributed by atoms with van der Waals surface area (Å²) in [5.74, 6) is 1.61. The summed E-state index contributed by atoms with van der Waals surface area (Å²) in [5, 5.41) is 7.12. The topological polar surface area (TPSA) is 93.7 Å². The van der Waals surface area contributed by atoms with Crippen molar-refractivity contribution >= 4 is 47.9 Å². The summed E-state index contributed by atoms with van der Waals surface area (Å²) in [6.45, 7) is 2.87. The van der Waals surface area contributed by atoms with Gasteiger partial charge in [-0.1, -0.05) is 42.7 Å². The van der Waals surface area contributed by atoms with Crippen LogP contribution in [0.4, 0.5) is 11.9 Å². The molecule has 2 saturated carbocycles. The monoisotopic (exact) mass is 491 g/mol. The fourth-order valence-corrected chi connectivity index (χ4v) is 5.04. The number of anilines is 2. The number of imidazole rings is 1. The lowest BCUT2D eigenvalue weighted by atomic mass is 9.92. The molecule has 9 heteroatoms. The van der Waals surface area contributed by atoms with Crippen molar-refractivity contribution in [2.45, 2.75) is 83.0 Å². The van der Waals surface area contributed by atoms with Gasteiger partial charge in [-0.25, -0.2) is 9.97 Å². The van der Waals surface area contributed by atoms with Crippen LogP contribution in [0.25, 0.3) is 11.2 Å². The molecule has 0 atom stereocenters. The van der Waals surface area contributed by atoms with Gasteiger partial charge >= 0.3 is 0 Å². The highest BCUT2D eigenvalue weighted by Gasteiger charge is 2.25. The van der Waals surface area contributed by atoms with Gasteiger partial charge in [-0.3, -0.25) is 4.57 Å². The second-order valence-electron chi connectivity index (χ2n) is 9.24. The summed E-state index contributed by atoms with van der Waals surface area (Å²) in [6, 6.07) is 9.79. The van der Waals surface area contributed by atoms with Crippen LogP contribution in [0.3, 0.4) is 0 Å². The van der Waals surface area contributed by atoms with Gasteiger partial charge in [0.2, 0.25) is 11.9 Å². The number of hydrogen-bond acceptors (Lipinski definition) is 6. The van der Waals surface area contributed by atoms with E-state index in [-0.39, 0.29) is 24.8 Å². The molecule has 0 saturated heterocycles. The average Bonchev–Trinajstić information content (AvgIpc) is 3.41. The molecule has 0 bridgehead atoms. The van der Waals surface area contributed by atoms with Crippen molar-refractivity contribution in [3.63, 3.8) is 0 Å². The van der Waals surface area contributed by atoms with Crippen LogP contribution in [0, 0.1) is 6.92 Å². The van der Waals surface area contributed by atoms with Crippen LogP contribution in [-0.4, -0.2) is 31.6 Å². The third-order valence-electron chi connectivity index (χ3n) is 6.76. The minimum Gasteiger partial charge on any atom is -0.352 e. The van der Waals surface area contributed by atoms with Crippen LogP contribution in [0.1, 0.15) is 68.5 Å². The molecule has 2 aromatic heterocycles. The molecule has 4 N–H and O–H groups in total. The predicted octanol–water partition coefficient (Wildman–Crippen LogP) is 5.39. The Hall–Kier alpha value is -2.09. The molecule has 2 aliphatic rings. The Morgan fingerprint density at radius 2 is 1.79 bits per heavy atom. The maximum atomic E-state index is 6.06. The number of aryl methyl sites for hydroxylation is 1. The van der Waals surface area contributed by atoms with E-state index in [2.05, 4.69) is 51.4 Å². The quantitative estimate of drug-likeness (QED) is 0.427. The third-order valence-corrected chi connectivity index (χ3v) is 6.76. The molecule has 7 nitrogen and oxygen atoms in total. The molecule has 0 amide bonds. The Morgan fingerprint density at radius 1 is 1.03 bits per heavy atom. The largest absolute Gasteiger partial charge is 0.352 e. The highest BCUT2D eigenvalue weighted by atomic mass is 35.5. The first-order valence-electron chi connectivity index (χ1n) is 11.7. The van der Waals surface area contributed by atoms with E-state index in [4.69, 9.17) is 15.7 Å². The average molecular weight is 492 g/mol. The molecule has 3 aromatic rings. The van der Waals surface area contributed by atoms with Crippen LogP contribution in [0.2, 0.25) is 0 Å². The van der Waals surface area contributed by atoms with Gasteiger partial charge in [0, 0.05) is 24.7 Å². The van der Waals surface area contributed by atoms with Gasteiger partial charge < -0.3 is 16.4 Å². The second-order valence-corrected chi connectivity index (χ2v) is 9.24. The van der Waals surface area contributed by atoms with Crippen LogP contribution in [-0.2, 0) is 6.54 Å². The number of nitrogens with one attached hydrogen (secondary N) is 2. The van der Waals surface area contributed by atoms with E-state index < -0.39 is 0 Å². The van der Waals surface area contributed by atoms with Gasteiger partial charge in [-0.05, 0) is 51.0 Å². The van der Waals surface area contributed by atoms with Crippen molar-refractivity contribution in [1.82, 2.24) is 19.5 Å². The maximum absolute atomic E-state index is 6.06. The molecule has 0 spiro atoms. The minimum absolute atomic E-state index is 0. The van der Waals surface area contributed by atoms with Crippen molar-refractivity contribution in [2.75, 3.05) is 10.6 Å². The summed E-state index contributed by atoms with van der Waals surface area (Å²) < 4.78 is 2.32. The molecule has 2 aliphatic carbocycles. The predicted molar refractivity (Wildman–Crippen MR) is 140 cm³/mol. The van der Waals surface area contributed by atoms with Gasteiger partial charge in [-0.2, -0.15) is 4.98 Å². The fourth-order valence-electron chi connectivity index (χ4n) is 5.04. The van der Waals surface area contributed by atoms with Crippen LogP contribution in [0.5, 0.6) is 0 Å². The van der Waals surface area contributed by atoms with Crippen molar-refractivity contribution in [3.05, 3.63) is 41.6 Å². The van der Waals surface area contributed by atoms with Crippen LogP contribution < -0.4 is 16.4 Å². The molecule has 33 heavy (non-hydrogen) atoms. The number of benzene rings is 1. The first kappa shape index (κ1) is 25.5. The van der Waals surface area contributed by atoms with E-state index in [0.717, 1.165) is 49.3 Å². The lowest BCUT2D eigenvalue weighted by molar-refractivity contribution is 0.410. The summed E-state index contributed by atoms with van der Waals surface area (Å²) >= 11 is 0. The van der Waals surface area contributed by atoms with Crippen LogP contribution in [0.15, 0.2) is 30.5 Å². The Labute approximate surface area is 208 Å². The van der Waals surface area contributed by atoms with Gasteiger partial charge in [0.25, 0.3) is 0 Å². The second kappa shape index (κ2) is 11.4. The standard InChI is InChI=1S/C24H33N7.2ClH/c1-16-5-4-6-17(13-16)14-27-24-29-21-15-26-23(28-19-11-9-18(25)10-12-19)30-22(21)31(24)20-7-2-3-8-20;;/h4-6,13,15,18-20H,2-3,7-12,14,25H2,1H3,(H,27,29)(H,26,28,30);2*1H/t18-,19-;;. The molecular weight excluding hydrogens is 457 g/mol. The zero-order valence-corrected chi connectivity index (χ0v) is 20.8. The number of nitrogens with two attached hydrogens (primary N) is 1. The third kappa shape index (κ3) is 5.89. The molecule has 0 aliphatic heterocycles. The lowest BCUT2D eigenvalue weighted by Crippen LogP contribution is -2.33. The molecule has 2 heterocycles. The van der Waals surface area contributed by atoms with E-state index in [1.54, 1.807) is 0 Å². The van der Waals surface area contributed by atoms with Gasteiger partial charge in [0.15, 0.2) is 5.65 Å². The molecular formula is C24H35Cl2N7. The molecule has 0 radical (unpaired) electrons. The summed E-state index contributed by atoms with van der Waals surface area (Å²) in [6.07, 6.45) is 11.0. The Bertz CT molecular complexity index is 1040. The van der Waals surface area contributed by atoms with E-state index >= 15 is 0 Å². The first-order chi connectivity index (χ1) is 15.2. The highest BCUT2D eigenvalue weighted by molar-refractivity contribution is 5.85. The number of nitrogens with zero attached hydrogens (tertiary/aromatic N) is 4. The summed E-state index contributed by atoms with van der Waals surface area (Å²) in [7, 11) is 0. The minimum atomic E-state index is 0. The van der Waals surface area contributed by atoms with E-state index in [9.17, 15) is 0 Å². The van der Waals surface area contributed by atoms with Crippen LogP contribution >= 0.6 is 24.8 Å². The number of halogens is 2. The van der Waals surface area contributed by atoms with Gasteiger partial charge in [-0.15, -0.1) is 24.8 Å². The van der Waals surface area contributed by atoms with E-state index in [1.165, 1.54) is 36.8 Å². The zero-order valence-electron chi connectivity index (χ0n) is 19.2. The molecule has 1 aromatic carbocycles.